The third kappa shape index (κ3) is 1.07. The van der Waals surface area contributed by atoms with Gasteiger partial charge in [-0.15, -0.1) is 0 Å². The third-order valence-corrected chi connectivity index (χ3v) is 3.99. The van der Waals surface area contributed by atoms with E-state index in [1.807, 2.05) is 0 Å². The van der Waals surface area contributed by atoms with Gasteiger partial charge in [0.2, 0.25) is 5.91 Å². The molecule has 1 amide bonds. The highest BCUT2D eigenvalue weighted by atomic mass is 16.4. The molecule has 0 aromatic heterocycles. The molecule has 0 radical (unpaired) electrons. The number of nitrogens with one attached hydrogen (secondary N) is 1. The highest BCUT2D eigenvalue weighted by Gasteiger charge is 2.72. The summed E-state index contributed by atoms with van der Waals surface area (Å²) < 4.78 is 0. The lowest BCUT2D eigenvalue weighted by molar-refractivity contribution is -0.214. The van der Waals surface area contributed by atoms with E-state index in [0.29, 0.717) is 12.8 Å². The van der Waals surface area contributed by atoms with Gasteiger partial charge in [-0.1, -0.05) is 6.42 Å². The molecule has 2 fully saturated rings. The van der Waals surface area contributed by atoms with Crippen LogP contribution in [-0.2, 0) is 9.59 Å². The van der Waals surface area contributed by atoms with Gasteiger partial charge in [-0.2, -0.15) is 0 Å². The van der Waals surface area contributed by atoms with Crippen molar-refractivity contribution in [3.63, 3.8) is 0 Å². The SMILES string of the molecule is CC(=O)N[C@]1(C(=O)O)C[C@@H](O)C12CCC2. The summed E-state index contributed by atoms with van der Waals surface area (Å²) >= 11 is 0. The van der Waals surface area contributed by atoms with Crippen molar-refractivity contribution in [3.05, 3.63) is 0 Å². The number of carbonyl (C=O) groups is 2. The zero-order chi connectivity index (χ0) is 11.3. The van der Waals surface area contributed by atoms with Crippen LogP contribution in [0.3, 0.4) is 0 Å². The minimum atomic E-state index is -1.23. The fourth-order valence-corrected chi connectivity index (χ4v) is 2.99. The Morgan fingerprint density at radius 2 is 2.00 bits per heavy atom. The average molecular weight is 213 g/mol. The second kappa shape index (κ2) is 2.95. The minimum absolute atomic E-state index is 0.127. The zero-order valence-corrected chi connectivity index (χ0v) is 8.62. The highest BCUT2D eigenvalue weighted by Crippen LogP contribution is 2.62. The standard InChI is InChI=1S/C10H15NO4/c1-6(12)11-10(8(14)15)5-7(13)9(10)3-2-4-9/h7,13H,2-5H2,1H3,(H,11,12)(H,14,15)/t7-,10+/m1/s1. The van der Waals surface area contributed by atoms with Gasteiger partial charge in [-0.25, -0.2) is 4.79 Å². The van der Waals surface area contributed by atoms with Crippen LogP contribution >= 0.6 is 0 Å². The van der Waals surface area contributed by atoms with Gasteiger partial charge >= 0.3 is 5.97 Å². The lowest BCUT2D eigenvalue weighted by Crippen LogP contribution is -2.79. The van der Waals surface area contributed by atoms with Crippen molar-refractivity contribution in [2.45, 2.75) is 44.2 Å². The first-order chi connectivity index (χ1) is 6.94. The Kier molecular flexibility index (Phi) is 2.05. The molecule has 2 rings (SSSR count). The molecular weight excluding hydrogens is 198 g/mol. The Morgan fingerprint density at radius 3 is 2.27 bits per heavy atom. The van der Waals surface area contributed by atoms with Crippen LogP contribution in [0.25, 0.3) is 0 Å². The molecule has 15 heavy (non-hydrogen) atoms. The van der Waals surface area contributed by atoms with Gasteiger partial charge < -0.3 is 15.5 Å². The molecule has 0 aliphatic heterocycles. The van der Waals surface area contributed by atoms with Gasteiger partial charge in [0.1, 0.15) is 5.54 Å². The van der Waals surface area contributed by atoms with E-state index in [1.165, 1.54) is 6.92 Å². The number of carboxylic acids is 1. The molecule has 0 saturated heterocycles. The topological polar surface area (TPSA) is 86.6 Å². The fraction of sp³-hybridized carbons (Fsp3) is 0.800. The van der Waals surface area contributed by atoms with E-state index >= 15 is 0 Å². The number of aliphatic hydroxyl groups excluding tert-OH is 1. The van der Waals surface area contributed by atoms with Crippen molar-refractivity contribution in [1.29, 1.82) is 0 Å². The van der Waals surface area contributed by atoms with Crippen LogP contribution in [0.1, 0.15) is 32.6 Å². The van der Waals surface area contributed by atoms with Crippen LogP contribution in [0.5, 0.6) is 0 Å². The first-order valence-corrected chi connectivity index (χ1v) is 5.15. The van der Waals surface area contributed by atoms with Crippen LogP contribution in [0.4, 0.5) is 0 Å². The minimum Gasteiger partial charge on any atom is -0.479 e. The summed E-state index contributed by atoms with van der Waals surface area (Å²) in [6.45, 7) is 1.31. The maximum Gasteiger partial charge on any atom is 0.330 e. The van der Waals surface area contributed by atoms with Gasteiger partial charge in [-0.3, -0.25) is 4.79 Å². The Bertz CT molecular complexity index is 323. The molecule has 5 heteroatoms. The number of aliphatic hydroxyl groups is 1. The summed E-state index contributed by atoms with van der Waals surface area (Å²) in [6.07, 6.45) is 1.82. The fourth-order valence-electron chi connectivity index (χ4n) is 2.99. The van der Waals surface area contributed by atoms with E-state index in [-0.39, 0.29) is 12.3 Å². The molecule has 2 atom stereocenters. The Hall–Kier alpha value is -1.10. The lowest BCUT2D eigenvalue weighted by atomic mass is 9.43. The van der Waals surface area contributed by atoms with Crippen molar-refractivity contribution in [1.82, 2.24) is 5.32 Å². The maximum atomic E-state index is 11.3. The van der Waals surface area contributed by atoms with E-state index in [4.69, 9.17) is 0 Å². The highest BCUT2D eigenvalue weighted by molar-refractivity contribution is 5.88. The number of aliphatic carboxylic acids is 1. The molecule has 0 aromatic rings. The van der Waals surface area contributed by atoms with E-state index in [9.17, 15) is 19.8 Å². The quantitative estimate of drug-likeness (QED) is 0.597. The van der Waals surface area contributed by atoms with E-state index < -0.39 is 23.0 Å². The third-order valence-electron chi connectivity index (χ3n) is 3.99. The Labute approximate surface area is 87.5 Å². The largest absolute Gasteiger partial charge is 0.479 e. The monoisotopic (exact) mass is 213 g/mol. The molecule has 2 aliphatic rings. The molecular formula is C10H15NO4. The second-order valence-corrected chi connectivity index (χ2v) is 4.62. The molecule has 5 nitrogen and oxygen atoms in total. The smallest absolute Gasteiger partial charge is 0.330 e. The van der Waals surface area contributed by atoms with E-state index in [1.54, 1.807) is 0 Å². The van der Waals surface area contributed by atoms with Crippen molar-refractivity contribution in [2.75, 3.05) is 0 Å². The van der Waals surface area contributed by atoms with Gasteiger partial charge in [0.25, 0.3) is 0 Å². The second-order valence-electron chi connectivity index (χ2n) is 4.62. The number of hydrogen-bond acceptors (Lipinski definition) is 3. The van der Waals surface area contributed by atoms with Gasteiger partial charge in [-0.05, 0) is 12.8 Å². The van der Waals surface area contributed by atoms with Gasteiger partial charge in [0.05, 0.1) is 6.10 Å². The van der Waals surface area contributed by atoms with Crippen molar-refractivity contribution in [2.24, 2.45) is 5.41 Å². The molecule has 0 heterocycles. The molecule has 2 saturated carbocycles. The van der Waals surface area contributed by atoms with Crippen LogP contribution in [0.2, 0.25) is 0 Å². The first-order valence-electron chi connectivity index (χ1n) is 5.15. The summed E-state index contributed by atoms with van der Waals surface area (Å²) in [5.74, 6) is -1.38. The lowest BCUT2D eigenvalue weighted by Gasteiger charge is -2.64. The first kappa shape index (κ1) is 10.4. The zero-order valence-electron chi connectivity index (χ0n) is 8.62. The average Bonchev–Trinajstić information content (AvgIpc) is 1.97. The predicted molar refractivity (Wildman–Crippen MR) is 51.1 cm³/mol. The molecule has 0 bridgehead atoms. The molecule has 2 aliphatic carbocycles. The molecule has 0 unspecified atom stereocenters. The van der Waals surface area contributed by atoms with Gasteiger partial charge in [0, 0.05) is 18.8 Å². The summed E-state index contributed by atoms with van der Waals surface area (Å²) in [4.78, 5) is 22.3. The van der Waals surface area contributed by atoms with Crippen molar-refractivity contribution < 1.29 is 19.8 Å². The molecule has 0 aromatic carbocycles. The van der Waals surface area contributed by atoms with Crippen LogP contribution in [-0.4, -0.2) is 33.7 Å². The van der Waals surface area contributed by atoms with Crippen molar-refractivity contribution in [3.8, 4) is 0 Å². The molecule has 1 spiro atoms. The number of carbonyl (C=O) groups excluding carboxylic acids is 1. The van der Waals surface area contributed by atoms with E-state index in [0.717, 1.165) is 6.42 Å². The number of carboxylic acid groups (broad SMARTS) is 1. The van der Waals surface area contributed by atoms with Gasteiger partial charge in [0.15, 0.2) is 0 Å². The molecule has 3 N–H and O–H groups in total. The predicted octanol–water partition coefficient (Wildman–Crippen LogP) is -0.119. The van der Waals surface area contributed by atoms with Crippen LogP contribution < -0.4 is 5.32 Å². The van der Waals surface area contributed by atoms with E-state index in [2.05, 4.69) is 5.32 Å². The van der Waals surface area contributed by atoms with Crippen LogP contribution in [0, 0.1) is 5.41 Å². The number of rotatable bonds is 2. The Balaban J connectivity index is 2.28. The summed E-state index contributed by atoms with van der Waals surface area (Å²) in [5, 5.41) is 21.4. The number of hydrogen-bond donors (Lipinski definition) is 3. The molecule has 84 valence electrons. The van der Waals surface area contributed by atoms with Crippen LogP contribution in [0.15, 0.2) is 0 Å². The summed E-state index contributed by atoms with van der Waals surface area (Å²) in [6, 6.07) is 0. The summed E-state index contributed by atoms with van der Waals surface area (Å²) in [5.41, 5.74) is -1.83. The normalized spacial score (nSPS) is 36.5. The summed E-state index contributed by atoms with van der Waals surface area (Å²) in [7, 11) is 0. The Morgan fingerprint density at radius 1 is 1.40 bits per heavy atom. The van der Waals surface area contributed by atoms with Crippen molar-refractivity contribution >= 4 is 11.9 Å². The number of amides is 1. The maximum absolute atomic E-state index is 11.3.